The van der Waals surface area contributed by atoms with Gasteiger partial charge in [0.2, 0.25) is 0 Å². The Balaban J connectivity index is 1.85. The summed E-state index contributed by atoms with van der Waals surface area (Å²) in [4.78, 5) is 45.9. The molecule has 2 heterocycles. The number of fused-ring (bicyclic) bond motifs is 1. The van der Waals surface area contributed by atoms with Crippen LogP contribution in [0.5, 0.6) is 0 Å². The van der Waals surface area contributed by atoms with Crippen LogP contribution in [0.25, 0.3) is 0 Å². The Hall–Kier alpha value is -3.07. The van der Waals surface area contributed by atoms with Gasteiger partial charge < -0.3 is 24.7 Å². The van der Waals surface area contributed by atoms with E-state index in [0.717, 1.165) is 17.0 Å². The zero-order chi connectivity index (χ0) is 21.7. The number of hydrogen-bond acceptors (Lipinski definition) is 6. The average molecular weight is 435 g/mol. The number of halogens is 1. The number of rotatable bonds is 6. The Morgan fingerprint density at radius 1 is 1.33 bits per heavy atom. The molecule has 1 aliphatic rings. The van der Waals surface area contributed by atoms with E-state index < -0.39 is 30.1 Å². The third kappa shape index (κ3) is 4.73. The van der Waals surface area contributed by atoms with Crippen molar-refractivity contribution in [1.29, 1.82) is 0 Å². The molecule has 0 saturated heterocycles. The molecule has 10 heteroatoms. The number of hydrogen-bond donors (Lipinski definition) is 2. The first kappa shape index (κ1) is 21.6. The summed E-state index contributed by atoms with van der Waals surface area (Å²) >= 11 is 6.17. The number of methoxy groups -OCH3 is 2. The number of esters is 2. The maximum absolute atomic E-state index is 13.2. The summed E-state index contributed by atoms with van der Waals surface area (Å²) in [5.74, 6) is -1.11. The Labute approximate surface area is 178 Å². The smallest absolute Gasteiger partial charge is 0.328 e. The minimum absolute atomic E-state index is 0.0300. The third-order valence-corrected chi connectivity index (χ3v) is 5.23. The second-order valence-electron chi connectivity index (χ2n) is 6.81. The fourth-order valence-electron chi connectivity index (χ4n) is 3.50. The Morgan fingerprint density at radius 2 is 2.13 bits per heavy atom. The molecular formula is C20H23ClN4O5. The van der Waals surface area contributed by atoms with Crippen LogP contribution in [-0.2, 0) is 25.5 Å². The van der Waals surface area contributed by atoms with Gasteiger partial charge in [-0.15, -0.1) is 0 Å². The van der Waals surface area contributed by atoms with Gasteiger partial charge in [0.1, 0.15) is 12.1 Å². The molecule has 2 aromatic rings. The van der Waals surface area contributed by atoms with E-state index in [1.807, 2.05) is 12.1 Å². The second kappa shape index (κ2) is 9.62. The molecule has 0 spiro atoms. The van der Waals surface area contributed by atoms with Gasteiger partial charge in [-0.25, -0.2) is 14.6 Å². The van der Waals surface area contributed by atoms with Gasteiger partial charge in [-0.05, 0) is 24.1 Å². The number of amides is 2. The van der Waals surface area contributed by atoms with Gasteiger partial charge in [-0.1, -0.05) is 23.7 Å². The summed E-state index contributed by atoms with van der Waals surface area (Å²) in [6, 6.07) is 5.29. The van der Waals surface area contributed by atoms with Crippen molar-refractivity contribution in [2.45, 2.75) is 31.3 Å². The molecule has 2 N–H and O–H groups in total. The van der Waals surface area contributed by atoms with E-state index >= 15 is 0 Å². The number of nitrogens with zero attached hydrogens (tertiary/aromatic N) is 2. The van der Waals surface area contributed by atoms with Crippen molar-refractivity contribution < 1.29 is 23.9 Å². The minimum Gasteiger partial charge on any atom is -0.469 e. The van der Waals surface area contributed by atoms with E-state index in [0.29, 0.717) is 18.0 Å². The van der Waals surface area contributed by atoms with Crippen LogP contribution in [-0.4, -0.2) is 59.6 Å². The maximum Gasteiger partial charge on any atom is 0.328 e. The molecule has 160 valence electrons. The lowest BCUT2D eigenvalue weighted by Gasteiger charge is -2.36. The lowest BCUT2D eigenvalue weighted by atomic mass is 9.96. The Morgan fingerprint density at radius 3 is 2.83 bits per heavy atom. The molecule has 9 nitrogen and oxygen atoms in total. The number of H-pyrrole nitrogens is 1. The zero-order valence-electron chi connectivity index (χ0n) is 16.7. The lowest BCUT2D eigenvalue weighted by molar-refractivity contribution is -0.144. The molecule has 30 heavy (non-hydrogen) atoms. The highest BCUT2D eigenvalue weighted by molar-refractivity contribution is 6.30. The molecule has 0 saturated carbocycles. The molecule has 1 aliphatic heterocycles. The third-order valence-electron chi connectivity index (χ3n) is 5.00. The van der Waals surface area contributed by atoms with Crippen LogP contribution < -0.4 is 5.32 Å². The van der Waals surface area contributed by atoms with Crippen LogP contribution in [0.1, 0.15) is 35.8 Å². The molecule has 3 rings (SSSR count). The van der Waals surface area contributed by atoms with Crippen molar-refractivity contribution in [2.24, 2.45) is 0 Å². The van der Waals surface area contributed by atoms with Gasteiger partial charge >= 0.3 is 18.0 Å². The summed E-state index contributed by atoms with van der Waals surface area (Å²) in [6.45, 7) is 0.406. The van der Waals surface area contributed by atoms with Gasteiger partial charge in [0.25, 0.3) is 0 Å². The highest BCUT2D eigenvalue weighted by Gasteiger charge is 2.36. The first-order valence-electron chi connectivity index (χ1n) is 9.44. The summed E-state index contributed by atoms with van der Waals surface area (Å²) in [5.41, 5.74) is 2.47. The monoisotopic (exact) mass is 434 g/mol. The normalized spacial score (nSPS) is 16.4. The van der Waals surface area contributed by atoms with Gasteiger partial charge in [0, 0.05) is 30.1 Å². The minimum atomic E-state index is -0.984. The number of ether oxygens (including phenoxy) is 2. The molecule has 0 fully saturated rings. The highest BCUT2D eigenvalue weighted by Crippen LogP contribution is 2.34. The van der Waals surface area contributed by atoms with Gasteiger partial charge in [0.05, 0.1) is 26.2 Å². The van der Waals surface area contributed by atoms with Crippen molar-refractivity contribution in [1.82, 2.24) is 20.2 Å². The number of imidazole rings is 1. The van der Waals surface area contributed by atoms with Gasteiger partial charge in [-0.3, -0.25) is 4.79 Å². The largest absolute Gasteiger partial charge is 0.469 e. The van der Waals surface area contributed by atoms with E-state index in [9.17, 15) is 14.4 Å². The topological polar surface area (TPSA) is 114 Å². The molecule has 1 aromatic heterocycles. The second-order valence-corrected chi connectivity index (χ2v) is 7.24. The molecule has 0 aliphatic carbocycles. The molecule has 2 atom stereocenters. The van der Waals surface area contributed by atoms with Crippen molar-refractivity contribution in [3.8, 4) is 0 Å². The van der Waals surface area contributed by atoms with E-state index in [-0.39, 0.29) is 12.8 Å². The summed E-state index contributed by atoms with van der Waals surface area (Å²) < 4.78 is 9.39. The molecule has 2 amide bonds. The Bertz CT molecular complexity index is 931. The van der Waals surface area contributed by atoms with Crippen molar-refractivity contribution in [3.63, 3.8) is 0 Å². The van der Waals surface area contributed by atoms with Crippen LogP contribution in [0, 0.1) is 0 Å². The number of carbonyl (C=O) groups is 3. The predicted octanol–water partition coefficient (Wildman–Crippen LogP) is 2.21. The first-order chi connectivity index (χ1) is 14.4. The van der Waals surface area contributed by atoms with Crippen molar-refractivity contribution in [2.75, 3.05) is 20.8 Å². The maximum atomic E-state index is 13.2. The molecule has 0 radical (unpaired) electrons. The van der Waals surface area contributed by atoms with E-state index in [1.165, 1.54) is 14.2 Å². The number of urea groups is 1. The number of aromatic amines is 1. The van der Waals surface area contributed by atoms with Crippen LogP contribution >= 0.6 is 11.6 Å². The van der Waals surface area contributed by atoms with E-state index in [1.54, 1.807) is 23.4 Å². The summed E-state index contributed by atoms with van der Waals surface area (Å²) in [6.07, 6.45) is 2.22. The number of benzene rings is 1. The van der Waals surface area contributed by atoms with Gasteiger partial charge in [-0.2, -0.15) is 0 Å². The lowest BCUT2D eigenvalue weighted by Crippen LogP contribution is -2.51. The van der Waals surface area contributed by atoms with Crippen LogP contribution in [0.4, 0.5) is 4.79 Å². The van der Waals surface area contributed by atoms with E-state index in [4.69, 9.17) is 16.3 Å². The van der Waals surface area contributed by atoms with E-state index in [2.05, 4.69) is 20.0 Å². The SMILES string of the molecule is COC(=O)CC[C@@H](NC(=O)N1CCc2[nH]cnc2[C@@H]1c1cccc(Cl)c1)C(=O)OC. The van der Waals surface area contributed by atoms with Crippen molar-refractivity contribution >= 4 is 29.6 Å². The first-order valence-corrected chi connectivity index (χ1v) is 9.81. The van der Waals surface area contributed by atoms with Crippen LogP contribution in [0.2, 0.25) is 5.02 Å². The van der Waals surface area contributed by atoms with Crippen LogP contribution in [0.15, 0.2) is 30.6 Å². The Kier molecular flexibility index (Phi) is 6.94. The summed E-state index contributed by atoms with van der Waals surface area (Å²) in [5, 5.41) is 3.23. The quantitative estimate of drug-likeness (QED) is 0.674. The highest BCUT2D eigenvalue weighted by atomic mass is 35.5. The average Bonchev–Trinajstić information content (AvgIpc) is 3.23. The zero-order valence-corrected chi connectivity index (χ0v) is 17.4. The fraction of sp³-hybridized carbons (Fsp3) is 0.400. The standard InChI is InChI=1S/C20H23ClN4O5/c1-29-16(26)7-6-15(19(27)30-2)24-20(28)25-9-8-14-17(23-11-22-14)18(25)12-4-3-5-13(21)10-12/h3-5,10-11,15,18H,6-9H2,1-2H3,(H,22,23)(H,24,28)/t15-,18+/m1/s1. The summed E-state index contributed by atoms with van der Waals surface area (Å²) in [7, 11) is 2.49. The fourth-order valence-corrected chi connectivity index (χ4v) is 3.70. The number of carbonyl (C=O) groups excluding carboxylic acids is 3. The van der Waals surface area contributed by atoms with Crippen molar-refractivity contribution in [3.05, 3.63) is 52.6 Å². The molecule has 0 bridgehead atoms. The molecule has 0 unspecified atom stereocenters. The predicted molar refractivity (Wildman–Crippen MR) is 108 cm³/mol. The van der Waals surface area contributed by atoms with Crippen LogP contribution in [0.3, 0.4) is 0 Å². The van der Waals surface area contributed by atoms with Gasteiger partial charge in [0.15, 0.2) is 0 Å². The number of nitrogens with one attached hydrogen (secondary N) is 2. The molecular weight excluding hydrogens is 412 g/mol. The molecule has 1 aromatic carbocycles. The number of aromatic nitrogens is 2.